The molecule has 0 bridgehead atoms. The van der Waals surface area contributed by atoms with Gasteiger partial charge in [0.2, 0.25) is 5.91 Å². The summed E-state index contributed by atoms with van der Waals surface area (Å²) in [5, 5.41) is 1.08. The van der Waals surface area contributed by atoms with E-state index in [2.05, 4.69) is 42.2 Å². The van der Waals surface area contributed by atoms with Crippen molar-refractivity contribution in [2.75, 3.05) is 19.6 Å². The van der Waals surface area contributed by atoms with Crippen molar-refractivity contribution in [1.82, 2.24) is 14.8 Å². The van der Waals surface area contributed by atoms with Gasteiger partial charge in [0.05, 0.1) is 12.2 Å². The minimum atomic E-state index is -1.15. The summed E-state index contributed by atoms with van der Waals surface area (Å²) in [5.41, 5.74) is 4.59. The first-order valence-electron chi connectivity index (χ1n) is 12.9. The molecule has 37 heavy (non-hydrogen) atoms. The van der Waals surface area contributed by atoms with Gasteiger partial charge in [0.15, 0.2) is 5.54 Å². The number of H-pyrrole nitrogens is 1. The van der Waals surface area contributed by atoms with Crippen LogP contribution in [0.2, 0.25) is 0 Å². The Hall–Kier alpha value is -3.93. The van der Waals surface area contributed by atoms with Crippen LogP contribution in [-0.2, 0) is 28.0 Å². The van der Waals surface area contributed by atoms with E-state index in [1.807, 2.05) is 25.1 Å². The Bertz CT molecular complexity index is 1510. The van der Waals surface area contributed by atoms with Crippen LogP contribution < -0.4 is 0 Å². The number of aromatic nitrogens is 1. The van der Waals surface area contributed by atoms with Crippen LogP contribution in [0.5, 0.6) is 0 Å². The fourth-order valence-corrected chi connectivity index (χ4v) is 6.10. The normalized spacial score (nSPS) is 21.3. The molecule has 3 aromatic carbocycles. The standard InChI is InChI=1S/C31H30FN3O2/c1-3-20-12-14-21(15-13-20)24-18-35-27(36)19-34(17-16-22-8-4-6-10-25(22)32)30(37)31(35,2)29-28(24)23-9-5-7-11-26(23)33-29/h4-15,24,33H,3,16-19H2,1-2H3/t24-,31-/m0/s1. The van der Waals surface area contributed by atoms with Crippen molar-refractivity contribution in [1.29, 1.82) is 0 Å². The molecule has 6 rings (SSSR count). The Morgan fingerprint density at radius 3 is 2.49 bits per heavy atom. The van der Waals surface area contributed by atoms with E-state index in [1.54, 1.807) is 28.0 Å². The Balaban J connectivity index is 1.43. The molecule has 0 radical (unpaired) electrons. The maximum Gasteiger partial charge on any atom is 0.254 e. The fourth-order valence-electron chi connectivity index (χ4n) is 6.10. The van der Waals surface area contributed by atoms with Crippen molar-refractivity contribution in [3.8, 4) is 0 Å². The van der Waals surface area contributed by atoms with E-state index in [0.717, 1.165) is 34.1 Å². The minimum absolute atomic E-state index is 0.0000692. The first-order chi connectivity index (χ1) is 17.9. The van der Waals surface area contributed by atoms with Crippen LogP contribution in [0.15, 0.2) is 72.8 Å². The molecule has 3 heterocycles. The number of para-hydroxylation sites is 1. The minimum Gasteiger partial charge on any atom is -0.356 e. The van der Waals surface area contributed by atoms with Gasteiger partial charge in [-0.1, -0.05) is 67.6 Å². The third-order valence-corrected chi connectivity index (χ3v) is 8.22. The molecular weight excluding hydrogens is 465 g/mol. The van der Waals surface area contributed by atoms with E-state index in [4.69, 9.17) is 0 Å². The highest BCUT2D eigenvalue weighted by Crippen LogP contribution is 2.48. The summed E-state index contributed by atoms with van der Waals surface area (Å²) in [6.45, 7) is 4.71. The van der Waals surface area contributed by atoms with E-state index in [1.165, 1.54) is 11.6 Å². The van der Waals surface area contributed by atoms with Crippen molar-refractivity contribution >= 4 is 22.7 Å². The van der Waals surface area contributed by atoms with Crippen molar-refractivity contribution in [3.05, 3.63) is 107 Å². The van der Waals surface area contributed by atoms with E-state index in [-0.39, 0.29) is 36.6 Å². The van der Waals surface area contributed by atoms with Crippen LogP contribution >= 0.6 is 0 Å². The molecule has 2 atom stereocenters. The maximum absolute atomic E-state index is 14.2. The number of fused-ring (bicyclic) bond motifs is 5. The number of aryl methyl sites for hydroxylation is 1. The fraction of sp³-hybridized carbons (Fsp3) is 0.290. The number of hydrogen-bond donors (Lipinski definition) is 1. The lowest BCUT2D eigenvalue weighted by atomic mass is 9.76. The average Bonchev–Trinajstić information content (AvgIpc) is 3.32. The van der Waals surface area contributed by atoms with Crippen molar-refractivity contribution in [2.45, 2.75) is 38.1 Å². The monoisotopic (exact) mass is 495 g/mol. The summed E-state index contributed by atoms with van der Waals surface area (Å²) in [4.78, 5) is 34.6. The molecule has 6 heteroatoms. The van der Waals surface area contributed by atoms with Gasteiger partial charge < -0.3 is 14.8 Å². The summed E-state index contributed by atoms with van der Waals surface area (Å²) in [6.07, 6.45) is 1.32. The number of halogens is 1. The highest BCUT2D eigenvalue weighted by atomic mass is 19.1. The van der Waals surface area contributed by atoms with Gasteiger partial charge in [-0.3, -0.25) is 9.59 Å². The maximum atomic E-state index is 14.2. The van der Waals surface area contributed by atoms with Gasteiger partial charge in [0, 0.05) is 29.9 Å². The molecule has 0 saturated carbocycles. The second kappa shape index (κ2) is 8.87. The van der Waals surface area contributed by atoms with Gasteiger partial charge >= 0.3 is 0 Å². The Morgan fingerprint density at radius 2 is 1.73 bits per heavy atom. The molecule has 1 aromatic heterocycles. The molecule has 2 aliphatic heterocycles. The quantitative estimate of drug-likeness (QED) is 0.417. The number of nitrogens with zero attached hydrogens (tertiary/aromatic N) is 2. The largest absolute Gasteiger partial charge is 0.356 e. The number of piperazine rings is 1. The number of amides is 2. The van der Waals surface area contributed by atoms with Crippen LogP contribution in [0.4, 0.5) is 4.39 Å². The van der Waals surface area contributed by atoms with Crippen LogP contribution in [-0.4, -0.2) is 46.2 Å². The highest BCUT2D eigenvalue weighted by Gasteiger charge is 2.56. The molecule has 1 fully saturated rings. The van der Waals surface area contributed by atoms with Gasteiger partial charge in [-0.25, -0.2) is 4.39 Å². The molecule has 188 valence electrons. The van der Waals surface area contributed by atoms with Crippen LogP contribution in [0.3, 0.4) is 0 Å². The van der Waals surface area contributed by atoms with Gasteiger partial charge in [0.1, 0.15) is 5.82 Å². The predicted octanol–water partition coefficient (Wildman–Crippen LogP) is 5.14. The molecule has 2 amide bonds. The SMILES string of the molecule is CCc1ccc([C@@H]2CN3C(=O)CN(CCc4ccccc4F)C(=O)[C@]3(C)c3[nH]c4ccccc4c32)cc1. The van der Waals surface area contributed by atoms with Crippen molar-refractivity contribution in [3.63, 3.8) is 0 Å². The smallest absolute Gasteiger partial charge is 0.254 e. The first kappa shape index (κ1) is 23.5. The third-order valence-electron chi connectivity index (χ3n) is 8.22. The molecule has 0 spiro atoms. The molecule has 0 aliphatic carbocycles. The Kier molecular flexibility index (Phi) is 5.63. The average molecular weight is 496 g/mol. The van der Waals surface area contributed by atoms with Gasteiger partial charge in [-0.05, 0) is 54.2 Å². The number of hydrogen-bond acceptors (Lipinski definition) is 2. The summed E-state index contributed by atoms with van der Waals surface area (Å²) in [7, 11) is 0. The summed E-state index contributed by atoms with van der Waals surface area (Å²) in [5.74, 6) is -0.559. The van der Waals surface area contributed by atoms with Gasteiger partial charge in [-0.15, -0.1) is 0 Å². The number of nitrogens with one attached hydrogen (secondary N) is 1. The number of aromatic amines is 1. The van der Waals surface area contributed by atoms with E-state index >= 15 is 0 Å². The Morgan fingerprint density at radius 1 is 1.00 bits per heavy atom. The Labute approximate surface area is 215 Å². The lowest BCUT2D eigenvalue weighted by Gasteiger charge is -2.51. The number of benzene rings is 3. The molecule has 2 aliphatic rings. The molecule has 4 aromatic rings. The lowest BCUT2D eigenvalue weighted by molar-refractivity contribution is -0.166. The number of rotatable bonds is 5. The molecule has 0 unspecified atom stereocenters. The molecule has 1 saturated heterocycles. The molecule has 5 nitrogen and oxygen atoms in total. The zero-order chi connectivity index (χ0) is 25.7. The van der Waals surface area contributed by atoms with E-state index in [0.29, 0.717) is 18.5 Å². The third kappa shape index (κ3) is 3.66. The summed E-state index contributed by atoms with van der Waals surface area (Å²) in [6, 6.07) is 23.3. The van der Waals surface area contributed by atoms with Crippen molar-refractivity contribution < 1.29 is 14.0 Å². The van der Waals surface area contributed by atoms with Gasteiger partial charge in [-0.2, -0.15) is 0 Å². The summed E-state index contributed by atoms with van der Waals surface area (Å²) < 4.78 is 14.2. The first-order valence-corrected chi connectivity index (χ1v) is 12.9. The number of carbonyl (C=O) groups is 2. The molecule has 1 N–H and O–H groups in total. The van der Waals surface area contributed by atoms with Crippen LogP contribution in [0, 0.1) is 5.82 Å². The zero-order valence-electron chi connectivity index (χ0n) is 21.1. The second-order valence-electron chi connectivity index (χ2n) is 10.3. The predicted molar refractivity (Wildman–Crippen MR) is 142 cm³/mol. The van der Waals surface area contributed by atoms with Crippen LogP contribution in [0.1, 0.15) is 47.7 Å². The molecular formula is C31H30FN3O2. The number of carbonyl (C=O) groups excluding carboxylic acids is 2. The summed E-state index contributed by atoms with van der Waals surface area (Å²) >= 11 is 0. The lowest BCUT2D eigenvalue weighted by Crippen LogP contribution is -2.67. The van der Waals surface area contributed by atoms with E-state index < -0.39 is 5.54 Å². The van der Waals surface area contributed by atoms with Crippen LogP contribution in [0.25, 0.3) is 10.9 Å². The topological polar surface area (TPSA) is 56.4 Å². The zero-order valence-corrected chi connectivity index (χ0v) is 21.1. The highest BCUT2D eigenvalue weighted by molar-refractivity contribution is 6.01. The van der Waals surface area contributed by atoms with E-state index in [9.17, 15) is 14.0 Å². The second-order valence-corrected chi connectivity index (χ2v) is 10.3. The van der Waals surface area contributed by atoms with Crippen molar-refractivity contribution in [2.24, 2.45) is 0 Å². The van der Waals surface area contributed by atoms with Gasteiger partial charge in [0.25, 0.3) is 5.91 Å².